The largest absolute Gasteiger partial charge is 0.493 e. The van der Waals surface area contributed by atoms with Crippen LogP contribution in [-0.4, -0.2) is 67.6 Å². The first-order valence-corrected chi connectivity index (χ1v) is 15.4. The van der Waals surface area contributed by atoms with Gasteiger partial charge >= 0.3 is 5.97 Å². The standard InChI is InChI=1S/C35H43N3O7/c1-34(2,33(40)41)23-38-27-6-5-18-35(38,19-17-27)45-29-12-7-24(8-13-29)32(39)37(20-21-42-3)26-10-14-28(15-11-26)44-30-16-9-25(36)22-31(30)43-4/h7-16,22,27H,5-6,17-21,23,36H2,1-4H3,(H,40,41). The Hall–Kier alpha value is -4.28. The molecule has 2 aliphatic rings. The van der Waals surface area contributed by atoms with Gasteiger partial charge in [-0.3, -0.25) is 14.5 Å². The van der Waals surface area contributed by atoms with Crippen molar-refractivity contribution in [2.24, 2.45) is 5.41 Å². The Kier molecular flexibility index (Phi) is 9.55. The van der Waals surface area contributed by atoms with Crippen molar-refractivity contribution in [1.82, 2.24) is 4.90 Å². The van der Waals surface area contributed by atoms with E-state index in [0.29, 0.717) is 65.7 Å². The molecule has 45 heavy (non-hydrogen) atoms. The molecule has 2 fully saturated rings. The third kappa shape index (κ3) is 7.02. The molecule has 3 aromatic carbocycles. The summed E-state index contributed by atoms with van der Waals surface area (Å²) in [6.45, 7) is 4.68. The van der Waals surface area contributed by atoms with Crippen LogP contribution in [0, 0.1) is 5.41 Å². The van der Waals surface area contributed by atoms with Crippen molar-refractivity contribution in [2.75, 3.05) is 44.5 Å². The summed E-state index contributed by atoms with van der Waals surface area (Å²) in [4.78, 5) is 29.6. The number of benzene rings is 3. The molecule has 5 rings (SSSR count). The molecular formula is C35H43N3O7. The highest BCUT2D eigenvalue weighted by atomic mass is 16.5. The van der Waals surface area contributed by atoms with Crippen LogP contribution in [0.5, 0.6) is 23.0 Å². The first-order valence-electron chi connectivity index (χ1n) is 15.4. The lowest BCUT2D eigenvalue weighted by Crippen LogP contribution is -2.57. The first-order chi connectivity index (χ1) is 21.5. The molecular weight excluding hydrogens is 574 g/mol. The van der Waals surface area contributed by atoms with Crippen LogP contribution in [0.15, 0.2) is 66.7 Å². The van der Waals surface area contributed by atoms with Crippen LogP contribution in [0.25, 0.3) is 0 Å². The number of carboxylic acid groups (broad SMARTS) is 1. The molecule has 0 saturated carbocycles. The Balaban J connectivity index is 1.31. The molecule has 0 radical (unpaired) electrons. The van der Waals surface area contributed by atoms with Crippen molar-refractivity contribution in [3.8, 4) is 23.0 Å². The van der Waals surface area contributed by atoms with Gasteiger partial charge in [0, 0.05) is 62.1 Å². The molecule has 2 atom stereocenters. The molecule has 3 aromatic rings. The van der Waals surface area contributed by atoms with E-state index in [1.54, 1.807) is 75.4 Å². The van der Waals surface area contributed by atoms with E-state index in [2.05, 4.69) is 4.90 Å². The highest BCUT2D eigenvalue weighted by Gasteiger charge is 2.52. The average Bonchev–Trinajstić information content (AvgIpc) is 3.19. The van der Waals surface area contributed by atoms with Crippen LogP contribution in [0.1, 0.15) is 56.3 Å². The molecule has 0 aliphatic carbocycles. The minimum absolute atomic E-state index is 0.172. The van der Waals surface area contributed by atoms with Crippen molar-refractivity contribution < 1.29 is 33.6 Å². The Bertz CT molecular complexity index is 1490. The zero-order valence-electron chi connectivity index (χ0n) is 26.5. The monoisotopic (exact) mass is 617 g/mol. The summed E-state index contributed by atoms with van der Waals surface area (Å²) in [6.07, 6.45) is 4.77. The third-order valence-corrected chi connectivity index (χ3v) is 8.82. The number of nitrogen functional groups attached to an aromatic ring is 1. The number of carbonyl (C=O) groups is 2. The van der Waals surface area contributed by atoms with Gasteiger partial charge in [0.15, 0.2) is 17.2 Å². The fourth-order valence-electron chi connectivity index (χ4n) is 6.30. The predicted molar refractivity (Wildman–Crippen MR) is 172 cm³/mol. The van der Waals surface area contributed by atoms with Crippen molar-refractivity contribution in [2.45, 2.75) is 57.7 Å². The van der Waals surface area contributed by atoms with E-state index >= 15 is 0 Å². The molecule has 2 heterocycles. The molecule has 10 heteroatoms. The zero-order valence-corrected chi connectivity index (χ0v) is 26.5. The second kappa shape index (κ2) is 13.4. The van der Waals surface area contributed by atoms with E-state index in [-0.39, 0.29) is 5.91 Å². The Morgan fingerprint density at radius 3 is 2.36 bits per heavy atom. The van der Waals surface area contributed by atoms with Gasteiger partial charge in [-0.1, -0.05) is 0 Å². The van der Waals surface area contributed by atoms with Crippen LogP contribution in [0.3, 0.4) is 0 Å². The smallest absolute Gasteiger partial charge is 0.310 e. The molecule has 2 bridgehead atoms. The first kappa shape index (κ1) is 32.1. The molecule has 1 amide bonds. The van der Waals surface area contributed by atoms with E-state index in [0.717, 1.165) is 32.1 Å². The van der Waals surface area contributed by atoms with E-state index < -0.39 is 17.1 Å². The summed E-state index contributed by atoms with van der Waals surface area (Å²) in [5.74, 6) is 1.32. The SMILES string of the molecule is COCCN(C(=O)c1ccc(OC23CCCC(CC2)N3CC(C)(C)C(=O)O)cc1)c1ccc(Oc2ccc(N)cc2OC)cc1. The summed E-state index contributed by atoms with van der Waals surface area (Å²) < 4.78 is 23.3. The number of amides is 1. The van der Waals surface area contributed by atoms with Gasteiger partial charge in [-0.25, -0.2) is 0 Å². The molecule has 3 N–H and O–H groups in total. The topological polar surface area (TPSA) is 124 Å². The number of carboxylic acids is 1. The number of rotatable bonds is 13. The maximum Gasteiger partial charge on any atom is 0.310 e. The lowest BCUT2D eigenvalue weighted by Gasteiger charge is -2.46. The summed E-state index contributed by atoms with van der Waals surface area (Å²) in [5, 5.41) is 9.78. The van der Waals surface area contributed by atoms with Gasteiger partial charge in [0.05, 0.1) is 19.1 Å². The van der Waals surface area contributed by atoms with Gasteiger partial charge in [0.2, 0.25) is 0 Å². The lowest BCUT2D eigenvalue weighted by atomic mass is 9.89. The molecule has 240 valence electrons. The minimum atomic E-state index is -0.885. The number of hydrogen-bond donors (Lipinski definition) is 2. The number of aliphatic carboxylic acids is 1. The number of piperidine rings is 1. The normalized spacial score (nSPS) is 19.6. The number of fused-ring (bicyclic) bond motifs is 2. The highest BCUT2D eigenvalue weighted by Crippen LogP contribution is 2.46. The average molecular weight is 618 g/mol. The third-order valence-electron chi connectivity index (χ3n) is 8.82. The number of hydrogen-bond acceptors (Lipinski definition) is 8. The van der Waals surface area contributed by atoms with Crippen molar-refractivity contribution >= 4 is 23.3 Å². The molecule has 0 aromatic heterocycles. The maximum absolute atomic E-state index is 13.7. The van der Waals surface area contributed by atoms with Crippen LogP contribution < -0.4 is 24.8 Å². The Labute approximate surface area is 264 Å². The van der Waals surface area contributed by atoms with Gasteiger partial charge < -0.3 is 34.7 Å². The second-order valence-corrected chi connectivity index (χ2v) is 12.4. The molecule has 10 nitrogen and oxygen atoms in total. The van der Waals surface area contributed by atoms with Crippen LogP contribution >= 0.6 is 0 Å². The second-order valence-electron chi connectivity index (χ2n) is 12.4. The summed E-state index contributed by atoms with van der Waals surface area (Å²) >= 11 is 0. The Morgan fingerprint density at radius 1 is 0.978 bits per heavy atom. The van der Waals surface area contributed by atoms with Gasteiger partial charge in [-0.05, 0) is 93.8 Å². The number of anilines is 2. The van der Waals surface area contributed by atoms with E-state index in [1.807, 2.05) is 24.3 Å². The molecule has 0 spiro atoms. The van der Waals surface area contributed by atoms with Gasteiger partial charge in [0.1, 0.15) is 11.5 Å². The molecule has 2 saturated heterocycles. The van der Waals surface area contributed by atoms with E-state index in [1.165, 1.54) is 0 Å². The van der Waals surface area contributed by atoms with Gasteiger partial charge in [-0.2, -0.15) is 0 Å². The summed E-state index contributed by atoms with van der Waals surface area (Å²) in [5.41, 5.74) is 6.22. The summed E-state index contributed by atoms with van der Waals surface area (Å²) in [7, 11) is 3.16. The minimum Gasteiger partial charge on any atom is -0.493 e. The van der Waals surface area contributed by atoms with Crippen LogP contribution in [0.4, 0.5) is 11.4 Å². The quantitative estimate of drug-likeness (QED) is 0.216. The van der Waals surface area contributed by atoms with Crippen molar-refractivity contribution in [1.29, 1.82) is 0 Å². The van der Waals surface area contributed by atoms with E-state index in [4.69, 9.17) is 24.7 Å². The fourth-order valence-corrected chi connectivity index (χ4v) is 6.30. The zero-order chi connectivity index (χ0) is 32.2. The van der Waals surface area contributed by atoms with Crippen molar-refractivity contribution in [3.05, 3.63) is 72.3 Å². The van der Waals surface area contributed by atoms with Crippen molar-refractivity contribution in [3.63, 3.8) is 0 Å². The number of methoxy groups -OCH3 is 2. The maximum atomic E-state index is 13.7. The molecule has 2 unspecified atom stereocenters. The van der Waals surface area contributed by atoms with Crippen LogP contribution in [-0.2, 0) is 9.53 Å². The number of nitrogens with two attached hydrogens (primary N) is 1. The number of ether oxygens (including phenoxy) is 4. The van der Waals surface area contributed by atoms with E-state index in [9.17, 15) is 14.7 Å². The molecule has 2 aliphatic heterocycles. The fraction of sp³-hybridized carbons (Fsp3) is 0.429. The number of carbonyl (C=O) groups excluding carboxylic acids is 1. The number of nitrogens with zero attached hydrogens (tertiary/aromatic N) is 2. The summed E-state index contributed by atoms with van der Waals surface area (Å²) in [6, 6.07) is 20.0. The highest BCUT2D eigenvalue weighted by molar-refractivity contribution is 6.06. The van der Waals surface area contributed by atoms with Gasteiger partial charge in [0.25, 0.3) is 5.91 Å². The predicted octanol–water partition coefficient (Wildman–Crippen LogP) is 6.20. The lowest BCUT2D eigenvalue weighted by molar-refractivity contribution is -0.155. The Morgan fingerprint density at radius 2 is 1.69 bits per heavy atom. The van der Waals surface area contributed by atoms with Gasteiger partial charge in [-0.15, -0.1) is 0 Å². The van der Waals surface area contributed by atoms with Crippen LogP contribution in [0.2, 0.25) is 0 Å².